The van der Waals surface area contributed by atoms with Gasteiger partial charge in [-0.1, -0.05) is 29.8 Å². The SMILES string of the molecule is CC(C)=CCNc1ccccc1C. The van der Waals surface area contributed by atoms with Crippen LogP contribution >= 0.6 is 0 Å². The molecular formula is C12H17N. The quantitative estimate of drug-likeness (QED) is 0.694. The van der Waals surface area contributed by atoms with Gasteiger partial charge in [0, 0.05) is 12.2 Å². The summed E-state index contributed by atoms with van der Waals surface area (Å²) in [6.07, 6.45) is 2.19. The predicted octanol–water partition coefficient (Wildman–Crippen LogP) is 3.37. The smallest absolute Gasteiger partial charge is 0.0372 e. The fourth-order valence-corrected chi connectivity index (χ4v) is 1.14. The van der Waals surface area contributed by atoms with Gasteiger partial charge in [0.05, 0.1) is 0 Å². The van der Waals surface area contributed by atoms with Crippen LogP contribution in [0.5, 0.6) is 0 Å². The van der Waals surface area contributed by atoms with Gasteiger partial charge in [-0.15, -0.1) is 0 Å². The van der Waals surface area contributed by atoms with Crippen LogP contribution in [-0.2, 0) is 0 Å². The second-order valence-electron chi connectivity index (χ2n) is 3.48. The Morgan fingerprint density at radius 2 is 2.00 bits per heavy atom. The molecule has 0 atom stereocenters. The lowest BCUT2D eigenvalue weighted by atomic mass is 10.2. The van der Waals surface area contributed by atoms with Crippen molar-refractivity contribution >= 4 is 5.69 Å². The van der Waals surface area contributed by atoms with E-state index in [2.05, 4.69) is 56.4 Å². The largest absolute Gasteiger partial charge is 0.381 e. The van der Waals surface area contributed by atoms with E-state index in [1.807, 2.05) is 0 Å². The molecule has 0 bridgehead atoms. The van der Waals surface area contributed by atoms with Crippen molar-refractivity contribution in [3.8, 4) is 0 Å². The number of hydrogen-bond donors (Lipinski definition) is 1. The maximum atomic E-state index is 3.37. The Labute approximate surface area is 80.5 Å². The maximum absolute atomic E-state index is 3.37. The summed E-state index contributed by atoms with van der Waals surface area (Å²) in [5, 5.41) is 3.37. The van der Waals surface area contributed by atoms with Gasteiger partial charge in [0.25, 0.3) is 0 Å². The molecule has 70 valence electrons. The highest BCUT2D eigenvalue weighted by molar-refractivity contribution is 5.50. The lowest BCUT2D eigenvalue weighted by Crippen LogP contribution is -1.99. The molecule has 0 unspecified atom stereocenters. The Kier molecular flexibility index (Phi) is 3.56. The molecule has 0 amide bonds. The van der Waals surface area contributed by atoms with Crippen molar-refractivity contribution in [3.05, 3.63) is 41.5 Å². The summed E-state index contributed by atoms with van der Waals surface area (Å²) in [4.78, 5) is 0. The minimum absolute atomic E-state index is 0.910. The first kappa shape index (κ1) is 9.85. The van der Waals surface area contributed by atoms with Gasteiger partial charge in [0.2, 0.25) is 0 Å². The van der Waals surface area contributed by atoms with Crippen LogP contribution in [0.3, 0.4) is 0 Å². The molecular weight excluding hydrogens is 158 g/mol. The standard InChI is InChI=1S/C12H17N/c1-10(2)8-9-13-12-7-5-4-6-11(12)3/h4-8,13H,9H2,1-3H3. The highest BCUT2D eigenvalue weighted by atomic mass is 14.9. The van der Waals surface area contributed by atoms with Gasteiger partial charge >= 0.3 is 0 Å². The lowest BCUT2D eigenvalue weighted by Gasteiger charge is -2.06. The fraction of sp³-hybridized carbons (Fsp3) is 0.333. The zero-order valence-corrected chi connectivity index (χ0v) is 8.59. The van der Waals surface area contributed by atoms with Crippen LogP contribution < -0.4 is 5.32 Å². The lowest BCUT2D eigenvalue weighted by molar-refractivity contribution is 1.25. The molecule has 0 aromatic heterocycles. The van der Waals surface area contributed by atoms with Gasteiger partial charge in [-0.05, 0) is 32.4 Å². The van der Waals surface area contributed by atoms with Crippen molar-refractivity contribution in [2.75, 3.05) is 11.9 Å². The molecule has 1 heteroatoms. The van der Waals surface area contributed by atoms with E-state index in [1.165, 1.54) is 16.8 Å². The predicted molar refractivity (Wildman–Crippen MR) is 59.1 cm³/mol. The maximum Gasteiger partial charge on any atom is 0.0372 e. The molecule has 0 aliphatic heterocycles. The molecule has 1 aromatic rings. The van der Waals surface area contributed by atoms with Crippen molar-refractivity contribution in [1.82, 2.24) is 0 Å². The highest BCUT2D eigenvalue weighted by Gasteiger charge is 1.92. The minimum Gasteiger partial charge on any atom is -0.381 e. The van der Waals surface area contributed by atoms with Crippen molar-refractivity contribution < 1.29 is 0 Å². The molecule has 13 heavy (non-hydrogen) atoms. The number of hydrogen-bond acceptors (Lipinski definition) is 1. The van der Waals surface area contributed by atoms with E-state index in [9.17, 15) is 0 Å². The van der Waals surface area contributed by atoms with E-state index in [4.69, 9.17) is 0 Å². The summed E-state index contributed by atoms with van der Waals surface area (Å²) in [6, 6.07) is 8.33. The molecule has 1 aromatic carbocycles. The Morgan fingerprint density at radius 3 is 2.62 bits per heavy atom. The minimum atomic E-state index is 0.910. The van der Waals surface area contributed by atoms with Crippen LogP contribution in [0.25, 0.3) is 0 Å². The van der Waals surface area contributed by atoms with Crippen molar-refractivity contribution in [2.45, 2.75) is 20.8 Å². The highest BCUT2D eigenvalue weighted by Crippen LogP contribution is 2.12. The number of anilines is 1. The first-order chi connectivity index (χ1) is 6.20. The first-order valence-corrected chi connectivity index (χ1v) is 4.63. The normalized spacial score (nSPS) is 9.46. The van der Waals surface area contributed by atoms with Gasteiger partial charge in [0.1, 0.15) is 0 Å². The fourth-order valence-electron chi connectivity index (χ4n) is 1.14. The van der Waals surface area contributed by atoms with Gasteiger partial charge in [-0.2, -0.15) is 0 Å². The van der Waals surface area contributed by atoms with Crippen LogP contribution in [0.2, 0.25) is 0 Å². The van der Waals surface area contributed by atoms with E-state index in [1.54, 1.807) is 0 Å². The topological polar surface area (TPSA) is 12.0 Å². The summed E-state index contributed by atoms with van der Waals surface area (Å²) >= 11 is 0. The van der Waals surface area contributed by atoms with Crippen LogP contribution in [-0.4, -0.2) is 6.54 Å². The Hall–Kier alpha value is -1.24. The first-order valence-electron chi connectivity index (χ1n) is 4.63. The number of rotatable bonds is 3. The second kappa shape index (κ2) is 4.70. The van der Waals surface area contributed by atoms with Gasteiger partial charge < -0.3 is 5.32 Å². The Balaban J connectivity index is 2.55. The molecule has 0 aliphatic rings. The zero-order valence-electron chi connectivity index (χ0n) is 8.59. The molecule has 0 saturated heterocycles. The summed E-state index contributed by atoms with van der Waals surface area (Å²) in [6.45, 7) is 7.25. The summed E-state index contributed by atoms with van der Waals surface area (Å²) in [5.74, 6) is 0. The van der Waals surface area contributed by atoms with Gasteiger partial charge in [-0.3, -0.25) is 0 Å². The summed E-state index contributed by atoms with van der Waals surface area (Å²) in [5.41, 5.74) is 3.87. The van der Waals surface area contributed by atoms with E-state index >= 15 is 0 Å². The van der Waals surface area contributed by atoms with E-state index in [0.29, 0.717) is 0 Å². The summed E-state index contributed by atoms with van der Waals surface area (Å²) < 4.78 is 0. The number of nitrogens with one attached hydrogen (secondary N) is 1. The van der Waals surface area contributed by atoms with Crippen LogP contribution in [0.1, 0.15) is 19.4 Å². The zero-order chi connectivity index (χ0) is 9.68. The summed E-state index contributed by atoms with van der Waals surface area (Å²) in [7, 11) is 0. The Bertz CT molecular complexity index is 296. The van der Waals surface area contributed by atoms with Gasteiger partial charge in [-0.25, -0.2) is 0 Å². The van der Waals surface area contributed by atoms with Gasteiger partial charge in [0.15, 0.2) is 0 Å². The van der Waals surface area contributed by atoms with Crippen LogP contribution in [0.15, 0.2) is 35.9 Å². The van der Waals surface area contributed by atoms with Crippen molar-refractivity contribution in [3.63, 3.8) is 0 Å². The molecule has 0 heterocycles. The number of para-hydroxylation sites is 1. The molecule has 1 nitrogen and oxygen atoms in total. The average Bonchev–Trinajstić information content (AvgIpc) is 2.08. The van der Waals surface area contributed by atoms with E-state index < -0.39 is 0 Å². The third-order valence-corrected chi connectivity index (χ3v) is 1.95. The molecule has 1 N–H and O–H groups in total. The number of aryl methyl sites for hydroxylation is 1. The molecule has 0 saturated carbocycles. The van der Waals surface area contributed by atoms with Crippen LogP contribution in [0, 0.1) is 6.92 Å². The second-order valence-corrected chi connectivity index (χ2v) is 3.48. The van der Waals surface area contributed by atoms with E-state index in [0.717, 1.165) is 6.54 Å². The van der Waals surface area contributed by atoms with E-state index in [-0.39, 0.29) is 0 Å². The van der Waals surface area contributed by atoms with Crippen molar-refractivity contribution in [2.24, 2.45) is 0 Å². The van der Waals surface area contributed by atoms with Crippen molar-refractivity contribution in [1.29, 1.82) is 0 Å². The monoisotopic (exact) mass is 175 g/mol. The third-order valence-electron chi connectivity index (χ3n) is 1.95. The third kappa shape index (κ3) is 3.32. The average molecular weight is 175 g/mol. The molecule has 0 radical (unpaired) electrons. The molecule has 0 spiro atoms. The number of benzene rings is 1. The molecule has 0 aliphatic carbocycles. The van der Waals surface area contributed by atoms with Crippen LogP contribution in [0.4, 0.5) is 5.69 Å². The molecule has 0 fully saturated rings. The molecule has 1 rings (SSSR count). The number of allylic oxidation sites excluding steroid dienone is 1. The Morgan fingerprint density at radius 1 is 1.31 bits per heavy atom.